The summed E-state index contributed by atoms with van der Waals surface area (Å²) >= 11 is 0. The Hall–Kier alpha value is -0.680. The molecule has 0 spiro atoms. The molecule has 0 radical (unpaired) electrons. The van der Waals surface area contributed by atoms with Crippen molar-refractivity contribution in [3.8, 4) is 0 Å². The lowest BCUT2D eigenvalue weighted by Gasteiger charge is -2.37. The molecule has 0 aromatic heterocycles. The molecule has 0 heterocycles. The fourth-order valence-corrected chi connectivity index (χ4v) is 0.744. The van der Waals surface area contributed by atoms with Crippen molar-refractivity contribution < 1.29 is 26.3 Å². The van der Waals surface area contributed by atoms with Crippen molar-refractivity contribution in [2.24, 2.45) is 0 Å². The molecule has 0 N–H and O–H groups in total. The molecule has 1 aliphatic carbocycles. The summed E-state index contributed by atoms with van der Waals surface area (Å²) in [6, 6.07) is 0. The summed E-state index contributed by atoms with van der Waals surface area (Å²) in [4.78, 5) is 0. The topological polar surface area (TPSA) is 0 Å². The van der Waals surface area contributed by atoms with Gasteiger partial charge in [-0.15, -0.1) is 0 Å². The summed E-state index contributed by atoms with van der Waals surface area (Å²) in [6.45, 7) is 0. The highest BCUT2D eigenvalue weighted by Crippen LogP contribution is 2.56. The highest BCUT2D eigenvalue weighted by molar-refractivity contribution is 5.30. The molecule has 1 aliphatic rings. The van der Waals surface area contributed by atoms with Crippen LogP contribution in [0.15, 0.2) is 11.7 Å². The number of halogens is 6. The third-order valence-electron chi connectivity index (χ3n) is 1.47. The minimum Gasteiger partial charge on any atom is -0.199 e. The van der Waals surface area contributed by atoms with Crippen LogP contribution in [-0.4, -0.2) is 11.8 Å². The first-order valence-electron chi connectivity index (χ1n) is 2.59. The van der Waals surface area contributed by atoms with Crippen LogP contribution in [0, 0.1) is 0 Å². The van der Waals surface area contributed by atoms with Crippen LogP contribution < -0.4 is 0 Å². The van der Waals surface area contributed by atoms with Crippen LogP contribution in [0.4, 0.5) is 26.3 Å². The minimum absolute atomic E-state index is 1.54. The van der Waals surface area contributed by atoms with Gasteiger partial charge in [0, 0.05) is 0 Å². The maximum Gasteiger partial charge on any atom is 0.337 e. The standard InChI is InChI=1S/C5H2F6/c6-3(7)2-1-4(8,9)5(2,10)11/h1H2. The third-order valence-corrected chi connectivity index (χ3v) is 1.47. The Labute approximate surface area is 57.5 Å². The lowest BCUT2D eigenvalue weighted by atomic mass is 9.84. The molecule has 0 nitrogen and oxygen atoms in total. The first-order valence-corrected chi connectivity index (χ1v) is 2.59. The van der Waals surface area contributed by atoms with Crippen LogP contribution >= 0.6 is 0 Å². The molecule has 0 amide bonds. The second-order valence-electron chi connectivity index (χ2n) is 2.19. The van der Waals surface area contributed by atoms with Crippen LogP contribution in [0.3, 0.4) is 0 Å². The van der Waals surface area contributed by atoms with E-state index in [9.17, 15) is 26.3 Å². The van der Waals surface area contributed by atoms with Gasteiger partial charge >= 0.3 is 11.8 Å². The largest absolute Gasteiger partial charge is 0.337 e. The van der Waals surface area contributed by atoms with Gasteiger partial charge in [-0.2, -0.15) is 26.3 Å². The van der Waals surface area contributed by atoms with Crippen molar-refractivity contribution in [2.75, 3.05) is 0 Å². The maximum atomic E-state index is 11.9. The van der Waals surface area contributed by atoms with E-state index in [0.29, 0.717) is 0 Å². The summed E-state index contributed by atoms with van der Waals surface area (Å²) in [5.74, 6) is -8.95. The average Bonchev–Trinajstić information content (AvgIpc) is 1.82. The highest BCUT2D eigenvalue weighted by Gasteiger charge is 2.70. The molecule has 0 saturated heterocycles. The summed E-state index contributed by atoms with van der Waals surface area (Å²) in [7, 11) is 0. The Morgan fingerprint density at radius 2 is 1.55 bits per heavy atom. The van der Waals surface area contributed by atoms with Crippen LogP contribution in [0.1, 0.15) is 6.42 Å². The van der Waals surface area contributed by atoms with E-state index in [0.717, 1.165) is 0 Å². The molecule has 6 heteroatoms. The zero-order valence-corrected chi connectivity index (χ0v) is 4.97. The molecule has 0 bridgehead atoms. The van der Waals surface area contributed by atoms with E-state index in [1.807, 2.05) is 0 Å². The van der Waals surface area contributed by atoms with E-state index in [1.54, 1.807) is 0 Å². The zero-order chi connectivity index (χ0) is 8.86. The van der Waals surface area contributed by atoms with Gasteiger partial charge in [0.05, 0.1) is 12.0 Å². The van der Waals surface area contributed by atoms with E-state index in [2.05, 4.69) is 0 Å². The van der Waals surface area contributed by atoms with E-state index in [1.165, 1.54) is 0 Å². The van der Waals surface area contributed by atoms with Gasteiger partial charge in [-0.3, -0.25) is 0 Å². The molecule has 0 atom stereocenters. The predicted octanol–water partition coefficient (Wildman–Crippen LogP) is 2.81. The molecular weight excluding hydrogens is 174 g/mol. The number of rotatable bonds is 0. The molecule has 64 valence electrons. The van der Waals surface area contributed by atoms with Crippen molar-refractivity contribution >= 4 is 0 Å². The molecule has 0 aromatic rings. The molecule has 1 rings (SSSR count). The molecule has 0 aliphatic heterocycles. The van der Waals surface area contributed by atoms with Gasteiger partial charge in [0.1, 0.15) is 0 Å². The highest BCUT2D eigenvalue weighted by atomic mass is 19.3. The Morgan fingerprint density at radius 1 is 1.09 bits per heavy atom. The normalized spacial score (nSPS) is 26.2. The molecule has 1 saturated carbocycles. The van der Waals surface area contributed by atoms with Crippen molar-refractivity contribution in [2.45, 2.75) is 18.3 Å². The fourth-order valence-electron chi connectivity index (χ4n) is 0.744. The second kappa shape index (κ2) is 1.92. The molecule has 0 unspecified atom stereocenters. The van der Waals surface area contributed by atoms with Crippen molar-refractivity contribution in [3.05, 3.63) is 11.7 Å². The van der Waals surface area contributed by atoms with Crippen LogP contribution in [0.5, 0.6) is 0 Å². The van der Waals surface area contributed by atoms with Gasteiger partial charge in [-0.05, 0) is 0 Å². The second-order valence-corrected chi connectivity index (χ2v) is 2.19. The van der Waals surface area contributed by atoms with Gasteiger partial charge in [0.15, 0.2) is 0 Å². The van der Waals surface area contributed by atoms with Crippen LogP contribution in [0.25, 0.3) is 0 Å². The molecule has 0 aromatic carbocycles. The van der Waals surface area contributed by atoms with Gasteiger partial charge < -0.3 is 0 Å². The van der Waals surface area contributed by atoms with Gasteiger partial charge in [-0.25, -0.2) is 0 Å². The number of allylic oxidation sites excluding steroid dienone is 1. The quantitative estimate of drug-likeness (QED) is 0.498. The minimum atomic E-state index is -4.65. The SMILES string of the molecule is FC(F)=C1CC(F)(F)C1(F)F. The van der Waals surface area contributed by atoms with Crippen LogP contribution in [-0.2, 0) is 0 Å². The molecular formula is C5H2F6. The smallest absolute Gasteiger partial charge is 0.199 e. The van der Waals surface area contributed by atoms with Crippen molar-refractivity contribution in [3.63, 3.8) is 0 Å². The van der Waals surface area contributed by atoms with E-state index in [-0.39, 0.29) is 0 Å². The Balaban J connectivity index is 2.95. The van der Waals surface area contributed by atoms with Gasteiger partial charge in [0.2, 0.25) is 0 Å². The number of hydrogen-bond acceptors (Lipinski definition) is 0. The lowest BCUT2D eigenvalue weighted by molar-refractivity contribution is -0.234. The first kappa shape index (κ1) is 8.42. The van der Waals surface area contributed by atoms with Crippen molar-refractivity contribution in [1.82, 2.24) is 0 Å². The zero-order valence-electron chi connectivity index (χ0n) is 4.97. The summed E-state index contributed by atoms with van der Waals surface area (Å²) in [6.07, 6.45) is -4.25. The van der Waals surface area contributed by atoms with Gasteiger partial charge in [0.25, 0.3) is 6.08 Å². The first-order chi connectivity index (χ1) is 4.79. The Morgan fingerprint density at radius 3 is 1.64 bits per heavy atom. The third kappa shape index (κ3) is 0.918. The summed E-state index contributed by atoms with van der Waals surface area (Å²) in [5, 5.41) is 0. The lowest BCUT2D eigenvalue weighted by Crippen LogP contribution is -2.53. The van der Waals surface area contributed by atoms with Crippen molar-refractivity contribution in [1.29, 1.82) is 0 Å². The van der Waals surface area contributed by atoms with E-state index in [4.69, 9.17) is 0 Å². The summed E-state index contributed by atoms with van der Waals surface area (Å²) < 4.78 is 70.3. The maximum absolute atomic E-state index is 11.9. The fraction of sp³-hybridized carbons (Fsp3) is 0.600. The Kier molecular flexibility index (Phi) is 1.47. The monoisotopic (exact) mass is 176 g/mol. The van der Waals surface area contributed by atoms with Crippen LogP contribution in [0.2, 0.25) is 0 Å². The Bertz CT molecular complexity index is 211. The number of alkyl halides is 4. The number of hydrogen-bond donors (Lipinski definition) is 0. The molecule has 1 fully saturated rings. The summed E-state index contributed by atoms with van der Waals surface area (Å²) in [5.41, 5.74) is -1.75. The molecule has 11 heavy (non-hydrogen) atoms. The predicted molar refractivity (Wildman–Crippen MR) is 23.8 cm³/mol. The van der Waals surface area contributed by atoms with Gasteiger partial charge in [-0.1, -0.05) is 0 Å². The van der Waals surface area contributed by atoms with E-state index >= 15 is 0 Å². The average molecular weight is 176 g/mol. The van der Waals surface area contributed by atoms with E-state index < -0.39 is 29.9 Å².